The molecule has 11 heteroatoms. The maximum absolute atomic E-state index is 13.9. The zero-order chi connectivity index (χ0) is 22.5. The fraction of sp³-hybridized carbons (Fsp3) is 0.250. The van der Waals surface area contributed by atoms with Crippen LogP contribution in [-0.2, 0) is 6.18 Å². The molecule has 31 heavy (non-hydrogen) atoms. The molecule has 0 N–H and O–H groups in total. The Hall–Kier alpha value is -3.50. The molecule has 4 rings (SSSR count). The van der Waals surface area contributed by atoms with Gasteiger partial charge in [0.2, 0.25) is 0 Å². The van der Waals surface area contributed by atoms with Crippen molar-refractivity contribution >= 4 is 16.6 Å². The van der Waals surface area contributed by atoms with E-state index in [0.717, 1.165) is 0 Å². The molecular formula is C20H15F5N4O2. The van der Waals surface area contributed by atoms with E-state index in [-0.39, 0.29) is 39.6 Å². The van der Waals surface area contributed by atoms with Gasteiger partial charge in [0.25, 0.3) is 0 Å². The summed E-state index contributed by atoms with van der Waals surface area (Å²) in [5.74, 6) is -0.281. The average Bonchev–Trinajstić information content (AvgIpc) is 3.10. The van der Waals surface area contributed by atoms with Gasteiger partial charge in [0.05, 0.1) is 23.8 Å². The highest BCUT2D eigenvalue weighted by Gasteiger charge is 2.39. The van der Waals surface area contributed by atoms with Crippen LogP contribution in [0, 0.1) is 13.8 Å². The third-order valence-electron chi connectivity index (χ3n) is 4.76. The van der Waals surface area contributed by atoms with Crippen LogP contribution in [0.2, 0.25) is 0 Å². The minimum absolute atomic E-state index is 0.0425. The largest absolute Gasteiger partial charge is 0.494 e. The normalized spacial score (nSPS) is 12.2. The van der Waals surface area contributed by atoms with Crippen LogP contribution in [0.1, 0.15) is 17.0 Å². The summed E-state index contributed by atoms with van der Waals surface area (Å²) in [6, 6.07) is 4.01. The second-order valence-electron chi connectivity index (χ2n) is 6.73. The van der Waals surface area contributed by atoms with Crippen molar-refractivity contribution in [2.45, 2.75) is 26.6 Å². The molecule has 4 aromatic rings. The molecule has 1 aromatic carbocycles. The summed E-state index contributed by atoms with van der Waals surface area (Å²) in [5.41, 5.74) is -0.184. The lowest BCUT2D eigenvalue weighted by atomic mass is 10.1. The summed E-state index contributed by atoms with van der Waals surface area (Å²) >= 11 is 0. The molecule has 3 aromatic heterocycles. The Morgan fingerprint density at radius 2 is 1.84 bits per heavy atom. The van der Waals surface area contributed by atoms with Crippen LogP contribution in [0.4, 0.5) is 22.0 Å². The monoisotopic (exact) mass is 438 g/mol. The van der Waals surface area contributed by atoms with Crippen molar-refractivity contribution in [2.24, 2.45) is 0 Å². The van der Waals surface area contributed by atoms with Gasteiger partial charge in [-0.15, -0.1) is 0 Å². The average molecular weight is 438 g/mol. The number of halogens is 5. The van der Waals surface area contributed by atoms with Gasteiger partial charge >= 0.3 is 12.8 Å². The van der Waals surface area contributed by atoms with Gasteiger partial charge in [-0.3, -0.25) is 9.38 Å². The molecule has 0 unspecified atom stereocenters. The molecule has 0 amide bonds. The lowest BCUT2D eigenvalue weighted by Gasteiger charge is -2.14. The highest BCUT2D eigenvalue weighted by molar-refractivity contribution is 5.89. The first kappa shape index (κ1) is 20.8. The second kappa shape index (κ2) is 7.33. The molecule has 0 saturated heterocycles. The molecule has 0 radical (unpaired) electrons. The molecule has 3 heterocycles. The van der Waals surface area contributed by atoms with E-state index in [1.54, 1.807) is 13.0 Å². The van der Waals surface area contributed by atoms with Gasteiger partial charge in [0.1, 0.15) is 22.8 Å². The van der Waals surface area contributed by atoms with Crippen molar-refractivity contribution in [2.75, 3.05) is 7.11 Å². The Balaban J connectivity index is 2.22. The topological polar surface area (TPSA) is 61.5 Å². The highest BCUT2D eigenvalue weighted by Crippen LogP contribution is 2.40. The van der Waals surface area contributed by atoms with Crippen LogP contribution in [0.25, 0.3) is 27.9 Å². The molecule has 0 bridgehead atoms. The third-order valence-corrected chi connectivity index (χ3v) is 4.76. The van der Waals surface area contributed by atoms with Crippen molar-refractivity contribution in [3.05, 3.63) is 47.5 Å². The number of ether oxygens (including phenoxy) is 2. The van der Waals surface area contributed by atoms with E-state index >= 15 is 0 Å². The van der Waals surface area contributed by atoms with E-state index in [2.05, 4.69) is 19.7 Å². The number of hydrogen-bond acceptors (Lipinski definition) is 5. The number of methoxy groups -OCH3 is 1. The van der Waals surface area contributed by atoms with Gasteiger partial charge in [-0.2, -0.15) is 22.0 Å². The van der Waals surface area contributed by atoms with E-state index in [4.69, 9.17) is 4.74 Å². The van der Waals surface area contributed by atoms with Crippen LogP contribution >= 0.6 is 0 Å². The highest BCUT2D eigenvalue weighted by atomic mass is 19.4. The van der Waals surface area contributed by atoms with E-state index in [9.17, 15) is 22.0 Å². The summed E-state index contributed by atoms with van der Waals surface area (Å²) in [5, 5.41) is 0. The number of benzene rings is 1. The lowest BCUT2D eigenvalue weighted by molar-refractivity contribution is -0.139. The number of rotatable bonds is 4. The summed E-state index contributed by atoms with van der Waals surface area (Å²) in [6.07, 6.45) is -1.88. The lowest BCUT2D eigenvalue weighted by Crippen LogP contribution is -2.08. The summed E-state index contributed by atoms with van der Waals surface area (Å²) in [7, 11) is 1.30. The summed E-state index contributed by atoms with van der Waals surface area (Å²) in [6.45, 7) is -0.0214. The SMILES string of the molecule is COc1cc(OC(F)F)cc2c1nc(C)c1c(C(F)(F)F)nc(-c3cnccc3C)n12. The van der Waals surface area contributed by atoms with Crippen molar-refractivity contribution in [1.82, 2.24) is 19.4 Å². The zero-order valence-corrected chi connectivity index (χ0v) is 16.5. The van der Waals surface area contributed by atoms with Crippen molar-refractivity contribution in [1.29, 1.82) is 0 Å². The predicted octanol–water partition coefficient (Wildman–Crippen LogP) is 5.19. The van der Waals surface area contributed by atoms with Crippen LogP contribution in [-0.4, -0.2) is 33.1 Å². The zero-order valence-electron chi connectivity index (χ0n) is 16.5. The third kappa shape index (κ3) is 3.49. The Morgan fingerprint density at radius 1 is 1.10 bits per heavy atom. The molecule has 0 aliphatic carbocycles. The van der Waals surface area contributed by atoms with Crippen LogP contribution in [0.3, 0.4) is 0 Å². The Labute approximate surface area is 172 Å². The molecule has 162 valence electrons. The number of fused-ring (bicyclic) bond motifs is 3. The Bertz CT molecular complexity index is 1300. The fourth-order valence-corrected chi connectivity index (χ4v) is 3.46. The Kier molecular flexibility index (Phi) is 4.91. The minimum Gasteiger partial charge on any atom is -0.494 e. The van der Waals surface area contributed by atoms with Gasteiger partial charge in [-0.05, 0) is 25.5 Å². The smallest absolute Gasteiger partial charge is 0.435 e. The number of imidazole rings is 1. The summed E-state index contributed by atoms with van der Waals surface area (Å²) in [4.78, 5) is 12.1. The number of nitrogens with zero attached hydrogens (tertiary/aromatic N) is 4. The second-order valence-corrected chi connectivity index (χ2v) is 6.73. The van der Waals surface area contributed by atoms with Crippen molar-refractivity contribution in [3.8, 4) is 22.9 Å². The van der Waals surface area contributed by atoms with Gasteiger partial charge < -0.3 is 9.47 Å². The first-order chi connectivity index (χ1) is 14.6. The standard InChI is InChI=1S/C20H15F5N4O2/c1-9-4-5-26-8-12(9)18-28-17(20(23,24)25)16-10(2)27-15-13(29(16)18)6-11(31-19(21)22)7-14(15)30-3/h4-8,19H,1-3H3. The molecule has 0 aliphatic rings. The number of aromatic nitrogens is 4. The molecule has 0 fully saturated rings. The maximum atomic E-state index is 13.9. The minimum atomic E-state index is -4.78. The molecule has 0 aliphatic heterocycles. The van der Waals surface area contributed by atoms with Gasteiger partial charge in [-0.25, -0.2) is 9.97 Å². The van der Waals surface area contributed by atoms with E-state index < -0.39 is 18.5 Å². The number of hydrogen-bond donors (Lipinski definition) is 0. The van der Waals surface area contributed by atoms with E-state index in [0.29, 0.717) is 11.1 Å². The number of aryl methyl sites for hydroxylation is 2. The van der Waals surface area contributed by atoms with E-state index in [1.807, 2.05) is 0 Å². The van der Waals surface area contributed by atoms with Crippen molar-refractivity contribution in [3.63, 3.8) is 0 Å². The van der Waals surface area contributed by atoms with E-state index in [1.165, 1.54) is 43.0 Å². The molecule has 6 nitrogen and oxygen atoms in total. The maximum Gasteiger partial charge on any atom is 0.435 e. The van der Waals surface area contributed by atoms with Gasteiger partial charge in [-0.1, -0.05) is 0 Å². The first-order valence-electron chi connectivity index (χ1n) is 8.95. The predicted molar refractivity (Wildman–Crippen MR) is 101 cm³/mol. The molecular weight excluding hydrogens is 423 g/mol. The summed E-state index contributed by atoms with van der Waals surface area (Å²) < 4.78 is 78.2. The fourth-order valence-electron chi connectivity index (χ4n) is 3.46. The first-order valence-corrected chi connectivity index (χ1v) is 8.95. The van der Waals surface area contributed by atoms with Crippen LogP contribution in [0.15, 0.2) is 30.6 Å². The molecule has 0 saturated carbocycles. The quantitative estimate of drug-likeness (QED) is 0.411. The Morgan fingerprint density at radius 3 is 2.45 bits per heavy atom. The van der Waals surface area contributed by atoms with Crippen molar-refractivity contribution < 1.29 is 31.4 Å². The molecule has 0 spiro atoms. The number of alkyl halides is 5. The van der Waals surface area contributed by atoms with Gasteiger partial charge in [0.15, 0.2) is 5.69 Å². The van der Waals surface area contributed by atoms with Crippen LogP contribution < -0.4 is 9.47 Å². The number of pyridine rings is 1. The van der Waals surface area contributed by atoms with Crippen LogP contribution in [0.5, 0.6) is 11.5 Å². The van der Waals surface area contributed by atoms with Gasteiger partial charge in [0, 0.05) is 30.1 Å². The molecule has 0 atom stereocenters.